The molecule has 2 heterocycles. The SMILES string of the molecule is CC(=O)N[C@H]1[C@H]([C@H](O)[C@H](O)CNC(=O)Cc2ccc3ccccc3c2)O[C@@](OCCCSCCNC(=O)c2ccc(-c3ccc(C(=O)NCCSCCCO[C@]4(C(=O)O)C[C@H](O)[C@@H](NC(C)=O)[C@H]([C@H](O)[C@H](O)CNC(=O)Cc5ccc6ccccc6c5)O4)cc3)cc2)(C(=O)O)C[C@@H]1O. The molecule has 14 N–H and O–H groups in total. The number of nitrogens with one attached hydrogen (secondary N) is 6. The van der Waals surface area contributed by atoms with E-state index in [-0.39, 0.29) is 37.9 Å². The van der Waals surface area contributed by atoms with Crippen LogP contribution >= 0.6 is 23.5 Å². The van der Waals surface area contributed by atoms with Crippen molar-refractivity contribution in [1.29, 1.82) is 0 Å². The van der Waals surface area contributed by atoms with Gasteiger partial charge < -0.3 is 91.7 Å². The summed E-state index contributed by atoms with van der Waals surface area (Å²) in [5.41, 5.74) is 3.85. The lowest BCUT2D eigenvalue weighted by Crippen LogP contribution is -2.68. The Morgan fingerprint density at radius 3 is 1.22 bits per heavy atom. The topological polar surface area (TPSA) is 408 Å². The molecule has 0 aromatic heterocycles. The van der Waals surface area contributed by atoms with Crippen molar-refractivity contribution in [3.63, 3.8) is 0 Å². The third-order valence-electron chi connectivity index (χ3n) is 16.6. The van der Waals surface area contributed by atoms with Crippen LogP contribution in [0.25, 0.3) is 32.7 Å². The van der Waals surface area contributed by atoms with E-state index in [9.17, 15) is 79.2 Å². The van der Waals surface area contributed by atoms with E-state index in [0.717, 1.165) is 46.5 Å². The third kappa shape index (κ3) is 21.0. The molecule has 2 saturated heterocycles. The Labute approximate surface area is 573 Å². The number of hydrogen-bond donors (Lipinski definition) is 14. The van der Waals surface area contributed by atoms with Gasteiger partial charge in [0.15, 0.2) is 0 Å². The number of thioether (sulfide) groups is 2. The number of carbonyl (C=O) groups excluding carboxylic acids is 6. The molecule has 526 valence electrons. The fourth-order valence-electron chi connectivity index (χ4n) is 11.5. The molecule has 0 bridgehead atoms. The summed E-state index contributed by atoms with van der Waals surface area (Å²) in [6.45, 7) is 1.68. The van der Waals surface area contributed by atoms with Gasteiger partial charge in [0.1, 0.15) is 24.4 Å². The van der Waals surface area contributed by atoms with Crippen molar-refractivity contribution >= 4 is 92.5 Å². The number of carbonyl (C=O) groups is 8. The number of benzene rings is 6. The van der Waals surface area contributed by atoms with E-state index in [1.165, 1.54) is 23.5 Å². The van der Waals surface area contributed by atoms with Gasteiger partial charge in [-0.2, -0.15) is 23.5 Å². The van der Waals surface area contributed by atoms with Crippen molar-refractivity contribution in [1.82, 2.24) is 31.9 Å². The van der Waals surface area contributed by atoms with Crippen LogP contribution in [0.4, 0.5) is 0 Å². The largest absolute Gasteiger partial charge is 0.477 e. The lowest BCUT2D eigenvalue weighted by atomic mass is 9.88. The van der Waals surface area contributed by atoms with Gasteiger partial charge in [0, 0.05) is 75.5 Å². The van der Waals surface area contributed by atoms with Gasteiger partial charge in [-0.05, 0) is 92.4 Å². The van der Waals surface area contributed by atoms with Crippen LogP contribution in [0.1, 0.15) is 71.4 Å². The van der Waals surface area contributed by atoms with Gasteiger partial charge in [-0.25, -0.2) is 9.59 Å². The first kappa shape index (κ1) is 75.7. The predicted molar refractivity (Wildman–Crippen MR) is 365 cm³/mol. The number of rotatable bonds is 35. The van der Waals surface area contributed by atoms with Crippen LogP contribution in [-0.4, -0.2) is 223 Å². The maximum Gasteiger partial charge on any atom is 0.364 e. The molecule has 12 atom stereocenters. The smallest absolute Gasteiger partial charge is 0.364 e. The molecule has 8 rings (SSSR count). The predicted octanol–water partition coefficient (Wildman–Crippen LogP) is 2.43. The monoisotopic (exact) mass is 1390 g/mol. The van der Waals surface area contributed by atoms with Crippen LogP contribution in [0.2, 0.25) is 0 Å². The van der Waals surface area contributed by atoms with Gasteiger partial charge in [0.2, 0.25) is 23.6 Å². The maximum atomic E-state index is 13.0. The van der Waals surface area contributed by atoms with Crippen LogP contribution in [0, 0.1) is 0 Å². The highest BCUT2D eigenvalue weighted by Gasteiger charge is 2.57. The first-order valence-corrected chi connectivity index (χ1v) is 34.4. The fourth-order valence-corrected chi connectivity index (χ4v) is 13.1. The summed E-state index contributed by atoms with van der Waals surface area (Å²) in [4.78, 5) is 102. The summed E-state index contributed by atoms with van der Waals surface area (Å²) in [6, 6.07) is 37.5. The molecule has 0 aliphatic carbocycles. The highest BCUT2D eigenvalue weighted by molar-refractivity contribution is 7.99. The van der Waals surface area contributed by atoms with Crippen molar-refractivity contribution in [2.75, 3.05) is 62.4 Å². The number of aliphatic carboxylic acids is 2. The van der Waals surface area contributed by atoms with E-state index in [1.54, 1.807) is 60.7 Å². The average molecular weight is 1390 g/mol. The first-order valence-electron chi connectivity index (χ1n) is 32.1. The van der Waals surface area contributed by atoms with E-state index in [4.69, 9.17) is 18.9 Å². The van der Waals surface area contributed by atoms with Crippen molar-refractivity contribution in [3.8, 4) is 11.1 Å². The second kappa shape index (κ2) is 36.1. The lowest BCUT2D eigenvalue weighted by molar-refractivity contribution is -0.310. The lowest BCUT2D eigenvalue weighted by Gasteiger charge is -2.46. The summed E-state index contributed by atoms with van der Waals surface area (Å²) in [7, 11) is 0. The normalized spacial score (nSPS) is 22.0. The molecule has 28 heteroatoms. The van der Waals surface area contributed by atoms with Crippen LogP contribution in [0.15, 0.2) is 133 Å². The highest BCUT2D eigenvalue weighted by atomic mass is 32.2. The summed E-state index contributed by atoms with van der Waals surface area (Å²) < 4.78 is 23.2. The van der Waals surface area contributed by atoms with Crippen molar-refractivity contribution in [3.05, 3.63) is 156 Å². The Morgan fingerprint density at radius 1 is 0.500 bits per heavy atom. The zero-order valence-electron chi connectivity index (χ0n) is 54.1. The summed E-state index contributed by atoms with van der Waals surface area (Å²) in [5, 5.41) is 107. The Bertz CT molecular complexity index is 3480. The van der Waals surface area contributed by atoms with Gasteiger partial charge in [0.05, 0.1) is 62.6 Å². The first-order chi connectivity index (χ1) is 46.9. The molecule has 2 aliphatic heterocycles. The van der Waals surface area contributed by atoms with Crippen molar-refractivity contribution in [2.45, 2.75) is 125 Å². The molecule has 98 heavy (non-hydrogen) atoms. The average Bonchev–Trinajstić information content (AvgIpc) is 0.775. The minimum absolute atomic E-state index is 0.0280. The maximum absolute atomic E-state index is 13.0. The summed E-state index contributed by atoms with van der Waals surface area (Å²) in [6.07, 6.45) is -14.4. The van der Waals surface area contributed by atoms with Crippen LogP contribution in [-0.2, 0) is 60.6 Å². The Kier molecular flexibility index (Phi) is 27.9. The standard InChI is InChI=1S/C70H84N6O20S2/c1-41(77)75-59-53(79)37-69(67(89)90,95-63(59)61(85)55(81)39-73-57(83)35-43-13-15-45-9-3-5-11-51(45)33-43)93-27-7-29-97-31-25-71-65(87)49-21-17-47(18-22-49)48-19-23-50(24-20-48)66(88)72-26-32-98-30-8-28-94-70(68(91)92)38-54(80)60(76-42(2)78)64(96-70)62(86)56(82)40-74-58(84)36-44-14-16-46-10-4-6-12-52(46)34-44/h3-6,9-24,33-34,53-56,59-64,79-82,85-86H,7-8,25-32,35-40H2,1-2H3,(H,71,87)(H,72,88)(H,73,83)(H,74,84)(H,75,77)(H,76,78)(H,89,90)(H,91,92)/t53-,54-,55+,56+,59+,60+,61+,62+,63+,64+,69+,70+/m0/s1. The minimum atomic E-state index is -2.47. The van der Waals surface area contributed by atoms with E-state index in [1.807, 2.05) is 72.8 Å². The van der Waals surface area contributed by atoms with Crippen molar-refractivity contribution < 1.29 is 98.2 Å². The molecule has 2 aliphatic rings. The number of aliphatic hydroxyl groups excluding tert-OH is 6. The molecule has 26 nitrogen and oxygen atoms in total. The number of ether oxygens (including phenoxy) is 4. The molecule has 2 fully saturated rings. The number of fused-ring (bicyclic) bond motifs is 2. The van der Waals surface area contributed by atoms with Crippen LogP contribution in [0.5, 0.6) is 0 Å². The quantitative estimate of drug-likeness (QED) is 0.0254. The van der Waals surface area contributed by atoms with E-state index >= 15 is 0 Å². The highest BCUT2D eigenvalue weighted by Crippen LogP contribution is 2.36. The van der Waals surface area contributed by atoms with Crippen LogP contribution in [0.3, 0.4) is 0 Å². The van der Waals surface area contributed by atoms with Gasteiger partial charge in [-0.3, -0.25) is 28.8 Å². The Morgan fingerprint density at radius 2 is 0.867 bits per heavy atom. The van der Waals surface area contributed by atoms with Gasteiger partial charge in [-0.1, -0.05) is 109 Å². The van der Waals surface area contributed by atoms with Crippen LogP contribution < -0.4 is 31.9 Å². The van der Waals surface area contributed by atoms with E-state index in [2.05, 4.69) is 31.9 Å². The second-order valence-corrected chi connectivity index (χ2v) is 26.5. The number of amides is 6. The zero-order valence-corrected chi connectivity index (χ0v) is 55.7. The molecule has 0 saturated carbocycles. The Hall–Kier alpha value is -8.10. The fraction of sp³-hybridized carbons (Fsp3) is 0.429. The summed E-state index contributed by atoms with van der Waals surface area (Å²) >= 11 is 2.92. The third-order valence-corrected chi connectivity index (χ3v) is 18.7. The number of carboxylic acid groups (broad SMARTS) is 2. The minimum Gasteiger partial charge on any atom is -0.477 e. The van der Waals surface area contributed by atoms with E-state index in [0.29, 0.717) is 71.2 Å². The molecule has 0 spiro atoms. The second-order valence-electron chi connectivity index (χ2n) is 24.0. The molecule has 6 aromatic rings. The summed E-state index contributed by atoms with van der Waals surface area (Å²) in [5.74, 6) is -8.99. The van der Waals surface area contributed by atoms with Crippen molar-refractivity contribution in [2.24, 2.45) is 0 Å². The van der Waals surface area contributed by atoms with Gasteiger partial charge in [-0.15, -0.1) is 0 Å². The number of carboxylic acids is 2. The van der Waals surface area contributed by atoms with Gasteiger partial charge >= 0.3 is 11.9 Å². The number of aliphatic hydroxyl groups is 6. The molecular weight excluding hydrogens is 1310 g/mol. The Balaban J connectivity index is 0.701. The number of hydrogen-bond acceptors (Lipinski definition) is 20. The molecule has 6 amide bonds. The molecule has 0 radical (unpaired) electrons. The molecular formula is C70H84N6O20S2. The van der Waals surface area contributed by atoms with E-state index < -0.39 is 134 Å². The zero-order chi connectivity index (χ0) is 70.5. The van der Waals surface area contributed by atoms with Gasteiger partial charge in [0.25, 0.3) is 23.4 Å². The molecule has 0 unspecified atom stereocenters. The molecule has 6 aromatic carbocycles.